The molecule has 112 valence electrons. The number of methoxy groups -OCH3 is 1. The van der Waals surface area contributed by atoms with Gasteiger partial charge in [0.15, 0.2) is 0 Å². The van der Waals surface area contributed by atoms with Crippen molar-refractivity contribution in [1.29, 1.82) is 0 Å². The Kier molecular flexibility index (Phi) is 4.32. The second-order valence-corrected chi connectivity index (χ2v) is 4.40. The fourth-order valence-electron chi connectivity index (χ4n) is 1.90. The Morgan fingerprint density at radius 1 is 1.43 bits per heavy atom. The summed E-state index contributed by atoms with van der Waals surface area (Å²) in [5, 5.41) is 0.186. The van der Waals surface area contributed by atoms with Crippen LogP contribution < -0.4 is 4.74 Å². The first kappa shape index (κ1) is 15.1. The van der Waals surface area contributed by atoms with Gasteiger partial charge in [-0.3, -0.25) is 4.79 Å². The third-order valence-corrected chi connectivity index (χ3v) is 3.12. The highest BCUT2D eigenvalue weighted by atomic mass is 35.5. The lowest BCUT2D eigenvalue weighted by atomic mass is 10.1. The van der Waals surface area contributed by atoms with E-state index in [0.717, 1.165) is 0 Å². The van der Waals surface area contributed by atoms with Gasteiger partial charge in [0, 0.05) is 0 Å². The Morgan fingerprint density at radius 2 is 2.14 bits per heavy atom. The van der Waals surface area contributed by atoms with Crippen molar-refractivity contribution in [1.82, 2.24) is 4.90 Å². The molecule has 0 aliphatic carbocycles. The van der Waals surface area contributed by atoms with Crippen LogP contribution in [0.1, 0.15) is 18.6 Å². The molecule has 1 unspecified atom stereocenters. The number of hydrogen-bond acceptors (Lipinski definition) is 6. The SMILES string of the molecule is CCOC(=O)N1C(=O)OC(c2c(Cl)cccc2OC)C1=O. The number of halogens is 1. The van der Waals surface area contributed by atoms with Crippen molar-refractivity contribution in [2.45, 2.75) is 13.0 Å². The third kappa shape index (κ3) is 2.64. The summed E-state index contributed by atoms with van der Waals surface area (Å²) in [4.78, 5) is 35.8. The van der Waals surface area contributed by atoms with Crippen LogP contribution in [0.3, 0.4) is 0 Å². The van der Waals surface area contributed by atoms with Gasteiger partial charge in [-0.05, 0) is 19.1 Å². The average molecular weight is 314 g/mol. The zero-order valence-electron chi connectivity index (χ0n) is 11.3. The van der Waals surface area contributed by atoms with Crippen molar-refractivity contribution in [2.75, 3.05) is 13.7 Å². The Hall–Kier alpha value is -2.28. The molecule has 3 amide bonds. The highest BCUT2D eigenvalue weighted by molar-refractivity contribution is 6.32. The van der Waals surface area contributed by atoms with E-state index in [1.54, 1.807) is 19.1 Å². The summed E-state index contributed by atoms with van der Waals surface area (Å²) in [5.41, 5.74) is 0.187. The van der Waals surface area contributed by atoms with Crippen LogP contribution in [0, 0.1) is 0 Å². The Labute approximate surface area is 125 Å². The maximum absolute atomic E-state index is 12.2. The second-order valence-electron chi connectivity index (χ2n) is 3.99. The third-order valence-electron chi connectivity index (χ3n) is 2.79. The number of amides is 3. The van der Waals surface area contributed by atoms with Gasteiger partial charge < -0.3 is 14.2 Å². The highest BCUT2D eigenvalue weighted by Gasteiger charge is 2.48. The minimum absolute atomic E-state index is 0.0238. The van der Waals surface area contributed by atoms with E-state index in [1.165, 1.54) is 13.2 Å². The molecule has 1 aliphatic rings. The van der Waals surface area contributed by atoms with Gasteiger partial charge in [0.05, 0.1) is 24.3 Å². The molecule has 0 aromatic heterocycles. The van der Waals surface area contributed by atoms with Gasteiger partial charge in [-0.15, -0.1) is 4.90 Å². The average Bonchev–Trinajstić information content (AvgIpc) is 2.73. The van der Waals surface area contributed by atoms with Crippen LogP contribution in [0.15, 0.2) is 18.2 Å². The van der Waals surface area contributed by atoms with Gasteiger partial charge in [-0.1, -0.05) is 17.7 Å². The predicted octanol–water partition coefficient (Wildman–Crippen LogP) is 2.53. The molecule has 0 bridgehead atoms. The summed E-state index contributed by atoms with van der Waals surface area (Å²) in [6.45, 7) is 1.58. The lowest BCUT2D eigenvalue weighted by Crippen LogP contribution is -2.36. The largest absolute Gasteiger partial charge is 0.496 e. The predicted molar refractivity (Wildman–Crippen MR) is 71.1 cm³/mol. The number of carbonyl (C=O) groups excluding carboxylic acids is 3. The zero-order chi connectivity index (χ0) is 15.6. The maximum Gasteiger partial charge on any atom is 0.427 e. The first-order chi connectivity index (χ1) is 10.0. The van der Waals surface area contributed by atoms with Crippen LogP contribution in [0.2, 0.25) is 5.02 Å². The number of imide groups is 3. The maximum atomic E-state index is 12.2. The minimum atomic E-state index is -1.34. The molecule has 2 rings (SSSR count). The number of cyclic esters (lactones) is 1. The number of rotatable bonds is 3. The number of benzene rings is 1. The summed E-state index contributed by atoms with van der Waals surface area (Å²) in [6.07, 6.45) is -3.53. The van der Waals surface area contributed by atoms with E-state index in [0.29, 0.717) is 4.90 Å². The van der Waals surface area contributed by atoms with Crippen molar-refractivity contribution >= 4 is 29.7 Å². The summed E-state index contributed by atoms with van der Waals surface area (Å²) >= 11 is 6.03. The molecule has 1 atom stereocenters. The molecule has 0 saturated carbocycles. The molecule has 1 aromatic rings. The molecule has 0 radical (unpaired) electrons. The van der Waals surface area contributed by atoms with E-state index in [2.05, 4.69) is 4.74 Å². The first-order valence-corrected chi connectivity index (χ1v) is 6.42. The summed E-state index contributed by atoms with van der Waals surface area (Å²) < 4.78 is 14.7. The van der Waals surface area contributed by atoms with Crippen molar-refractivity contribution < 1.29 is 28.6 Å². The van der Waals surface area contributed by atoms with Crippen molar-refractivity contribution in [3.05, 3.63) is 28.8 Å². The van der Waals surface area contributed by atoms with Crippen LogP contribution in [-0.2, 0) is 14.3 Å². The van der Waals surface area contributed by atoms with E-state index in [-0.39, 0.29) is 22.9 Å². The number of nitrogens with zero attached hydrogens (tertiary/aromatic N) is 1. The molecule has 7 nitrogen and oxygen atoms in total. The summed E-state index contributed by atoms with van der Waals surface area (Å²) in [6, 6.07) is 4.71. The Morgan fingerprint density at radius 3 is 2.76 bits per heavy atom. The first-order valence-electron chi connectivity index (χ1n) is 6.05. The van der Waals surface area contributed by atoms with Crippen LogP contribution in [-0.4, -0.2) is 36.7 Å². The fraction of sp³-hybridized carbons (Fsp3) is 0.308. The standard InChI is InChI=1S/C13H12ClNO6/c1-3-20-12(17)15-11(16)10(21-13(15)18)9-7(14)5-4-6-8(9)19-2/h4-6,10H,3H2,1-2H3. The summed E-state index contributed by atoms with van der Waals surface area (Å²) in [5.74, 6) is -0.593. The van der Waals surface area contributed by atoms with E-state index in [4.69, 9.17) is 21.1 Å². The normalized spacial score (nSPS) is 17.7. The van der Waals surface area contributed by atoms with E-state index in [1.807, 2.05) is 0 Å². The highest BCUT2D eigenvalue weighted by Crippen LogP contribution is 2.38. The molecule has 1 aromatic carbocycles. The number of ether oxygens (including phenoxy) is 3. The molecule has 1 fully saturated rings. The molecule has 1 aliphatic heterocycles. The lowest BCUT2D eigenvalue weighted by molar-refractivity contribution is -0.128. The molecule has 0 N–H and O–H groups in total. The molecule has 1 saturated heterocycles. The molecule has 8 heteroatoms. The molecule has 0 spiro atoms. The molecule has 1 heterocycles. The van der Waals surface area contributed by atoms with Crippen molar-refractivity contribution in [2.24, 2.45) is 0 Å². The Bertz CT molecular complexity index is 602. The molecular weight excluding hydrogens is 302 g/mol. The van der Waals surface area contributed by atoms with Crippen LogP contribution in [0.4, 0.5) is 9.59 Å². The van der Waals surface area contributed by atoms with Crippen molar-refractivity contribution in [3.8, 4) is 5.75 Å². The van der Waals surface area contributed by atoms with Crippen LogP contribution >= 0.6 is 11.6 Å². The Balaban J connectivity index is 2.38. The van der Waals surface area contributed by atoms with E-state index < -0.39 is 24.2 Å². The number of hydrogen-bond donors (Lipinski definition) is 0. The molecular formula is C13H12ClNO6. The van der Waals surface area contributed by atoms with Gasteiger partial charge in [0.2, 0.25) is 6.10 Å². The number of carbonyl (C=O) groups is 3. The monoisotopic (exact) mass is 313 g/mol. The van der Waals surface area contributed by atoms with Gasteiger partial charge in [-0.25, -0.2) is 9.59 Å². The quantitative estimate of drug-likeness (QED) is 0.852. The zero-order valence-corrected chi connectivity index (χ0v) is 12.0. The van der Waals surface area contributed by atoms with Crippen molar-refractivity contribution in [3.63, 3.8) is 0 Å². The fourth-order valence-corrected chi connectivity index (χ4v) is 2.16. The smallest absolute Gasteiger partial charge is 0.427 e. The van der Waals surface area contributed by atoms with E-state index >= 15 is 0 Å². The van der Waals surface area contributed by atoms with Crippen LogP contribution in [0.25, 0.3) is 0 Å². The lowest BCUT2D eigenvalue weighted by Gasteiger charge is -2.13. The van der Waals surface area contributed by atoms with Gasteiger partial charge in [-0.2, -0.15) is 0 Å². The van der Waals surface area contributed by atoms with Gasteiger partial charge in [0.25, 0.3) is 5.91 Å². The van der Waals surface area contributed by atoms with Crippen LogP contribution in [0.5, 0.6) is 5.75 Å². The van der Waals surface area contributed by atoms with E-state index in [9.17, 15) is 14.4 Å². The molecule has 21 heavy (non-hydrogen) atoms. The minimum Gasteiger partial charge on any atom is -0.496 e. The van der Waals surface area contributed by atoms with Gasteiger partial charge >= 0.3 is 12.2 Å². The topological polar surface area (TPSA) is 82.1 Å². The second kappa shape index (κ2) is 6.01. The van der Waals surface area contributed by atoms with Gasteiger partial charge in [0.1, 0.15) is 5.75 Å². The summed E-state index contributed by atoms with van der Waals surface area (Å²) in [7, 11) is 1.39.